The van der Waals surface area contributed by atoms with Crippen molar-refractivity contribution in [1.82, 2.24) is 9.66 Å². The Hall–Kier alpha value is -4.07. The fourth-order valence-corrected chi connectivity index (χ4v) is 4.53. The Morgan fingerprint density at radius 3 is 2.71 bits per heavy atom. The number of aromatic nitrogens is 2. The number of nitrogens with zero attached hydrogens (tertiary/aromatic N) is 4. The van der Waals surface area contributed by atoms with E-state index in [2.05, 4.69) is 5.10 Å². The van der Waals surface area contributed by atoms with Crippen molar-refractivity contribution in [1.29, 1.82) is 0 Å². The van der Waals surface area contributed by atoms with E-state index in [9.17, 15) is 14.9 Å². The third-order valence-corrected chi connectivity index (χ3v) is 6.37. The number of para-hydroxylation sites is 1. The summed E-state index contributed by atoms with van der Waals surface area (Å²) in [6, 6.07) is 15.7. The van der Waals surface area contributed by atoms with Crippen LogP contribution in [0.25, 0.3) is 22.2 Å². The molecule has 4 aromatic rings. The van der Waals surface area contributed by atoms with E-state index in [0.717, 1.165) is 25.7 Å². The quantitative estimate of drug-likeness (QED) is 0.214. The molecule has 34 heavy (non-hydrogen) atoms. The fraction of sp³-hybridized carbons (Fsp3) is 0.269. The SMILES string of the molecule is Cc1ccc(-c2ccc(C=Nn3c(C4CCCCC4)nc4ccccc4c3=O)o2)cc1[N+](=O)[O-]. The summed E-state index contributed by atoms with van der Waals surface area (Å²) in [6.07, 6.45) is 6.89. The van der Waals surface area contributed by atoms with Gasteiger partial charge in [-0.1, -0.05) is 43.5 Å². The van der Waals surface area contributed by atoms with Gasteiger partial charge in [0, 0.05) is 23.1 Å². The van der Waals surface area contributed by atoms with Crippen molar-refractivity contribution in [2.45, 2.75) is 44.9 Å². The van der Waals surface area contributed by atoms with Gasteiger partial charge in [-0.2, -0.15) is 9.78 Å². The van der Waals surface area contributed by atoms with Crippen LogP contribution >= 0.6 is 0 Å². The van der Waals surface area contributed by atoms with Crippen LogP contribution in [-0.4, -0.2) is 20.8 Å². The van der Waals surface area contributed by atoms with Crippen LogP contribution in [0.1, 0.15) is 55.2 Å². The molecule has 2 aromatic carbocycles. The number of nitro benzene ring substituents is 1. The van der Waals surface area contributed by atoms with E-state index >= 15 is 0 Å². The highest BCUT2D eigenvalue weighted by Gasteiger charge is 2.22. The molecular formula is C26H24N4O4. The van der Waals surface area contributed by atoms with Gasteiger partial charge in [-0.15, -0.1) is 0 Å². The van der Waals surface area contributed by atoms with Crippen LogP contribution in [0, 0.1) is 17.0 Å². The summed E-state index contributed by atoms with van der Waals surface area (Å²) in [7, 11) is 0. The normalized spacial score (nSPS) is 14.7. The van der Waals surface area contributed by atoms with Crippen LogP contribution in [0.3, 0.4) is 0 Å². The van der Waals surface area contributed by atoms with Gasteiger partial charge in [-0.05, 0) is 44.0 Å². The number of nitro groups is 1. The molecule has 1 aliphatic rings. The Morgan fingerprint density at radius 2 is 1.91 bits per heavy atom. The van der Waals surface area contributed by atoms with Crippen molar-refractivity contribution in [3.05, 3.63) is 92.2 Å². The summed E-state index contributed by atoms with van der Waals surface area (Å²) >= 11 is 0. The maximum Gasteiger partial charge on any atom is 0.282 e. The zero-order valence-electron chi connectivity index (χ0n) is 18.8. The predicted molar refractivity (Wildman–Crippen MR) is 130 cm³/mol. The van der Waals surface area contributed by atoms with Gasteiger partial charge in [0.05, 0.1) is 22.0 Å². The molecule has 0 spiro atoms. The van der Waals surface area contributed by atoms with Gasteiger partial charge < -0.3 is 4.42 Å². The van der Waals surface area contributed by atoms with Crippen LogP contribution in [-0.2, 0) is 0 Å². The number of hydrogen-bond acceptors (Lipinski definition) is 6. The fourth-order valence-electron chi connectivity index (χ4n) is 4.53. The Labute approximate surface area is 195 Å². The lowest BCUT2D eigenvalue weighted by molar-refractivity contribution is -0.385. The van der Waals surface area contributed by atoms with Gasteiger partial charge in [0.15, 0.2) is 0 Å². The molecule has 0 saturated heterocycles. The maximum absolute atomic E-state index is 13.3. The summed E-state index contributed by atoms with van der Waals surface area (Å²) in [6.45, 7) is 1.70. The van der Waals surface area contributed by atoms with E-state index in [1.807, 2.05) is 18.2 Å². The van der Waals surface area contributed by atoms with E-state index in [4.69, 9.17) is 9.40 Å². The molecule has 1 aliphatic carbocycles. The van der Waals surface area contributed by atoms with Crippen LogP contribution in [0.2, 0.25) is 0 Å². The lowest BCUT2D eigenvalue weighted by atomic mass is 9.88. The third-order valence-electron chi connectivity index (χ3n) is 6.37. The van der Waals surface area contributed by atoms with E-state index in [1.165, 1.54) is 23.4 Å². The summed E-state index contributed by atoms with van der Waals surface area (Å²) < 4.78 is 7.27. The van der Waals surface area contributed by atoms with Crippen LogP contribution in [0.15, 0.2) is 68.9 Å². The van der Waals surface area contributed by atoms with E-state index in [1.54, 1.807) is 37.3 Å². The molecule has 0 atom stereocenters. The first kappa shape index (κ1) is 21.8. The Balaban J connectivity index is 1.52. The minimum absolute atomic E-state index is 0.0371. The Bertz CT molecular complexity index is 1460. The second kappa shape index (κ2) is 9.05. The van der Waals surface area contributed by atoms with Gasteiger partial charge in [0.1, 0.15) is 17.3 Å². The standard InChI is InChI=1S/C26H24N4O4/c1-17-11-12-19(15-23(17)30(32)33)24-14-13-20(34-24)16-27-29-25(18-7-3-2-4-8-18)28-22-10-6-5-9-21(22)26(29)31/h5-6,9-16,18H,2-4,7-8H2,1H3. The van der Waals surface area contributed by atoms with Crippen LogP contribution in [0.4, 0.5) is 5.69 Å². The number of aryl methyl sites for hydroxylation is 1. The van der Waals surface area contributed by atoms with Gasteiger partial charge in [0.2, 0.25) is 0 Å². The number of fused-ring (bicyclic) bond motifs is 1. The maximum atomic E-state index is 13.3. The molecule has 2 heterocycles. The Kier molecular flexibility index (Phi) is 5.79. The average Bonchev–Trinajstić information content (AvgIpc) is 3.33. The van der Waals surface area contributed by atoms with Crippen molar-refractivity contribution in [2.24, 2.45) is 5.10 Å². The lowest BCUT2D eigenvalue weighted by Gasteiger charge is -2.22. The van der Waals surface area contributed by atoms with Crippen molar-refractivity contribution < 1.29 is 9.34 Å². The van der Waals surface area contributed by atoms with Crippen LogP contribution < -0.4 is 5.56 Å². The van der Waals surface area contributed by atoms with Gasteiger partial charge in [0.25, 0.3) is 11.2 Å². The molecule has 1 saturated carbocycles. The molecule has 5 rings (SSSR count). The lowest BCUT2D eigenvalue weighted by Crippen LogP contribution is -2.25. The zero-order chi connectivity index (χ0) is 23.7. The zero-order valence-corrected chi connectivity index (χ0v) is 18.8. The first-order chi connectivity index (χ1) is 16.5. The highest BCUT2D eigenvalue weighted by Crippen LogP contribution is 2.32. The Morgan fingerprint density at radius 1 is 1.12 bits per heavy atom. The topological polar surface area (TPSA) is 104 Å². The summed E-state index contributed by atoms with van der Waals surface area (Å²) in [5.74, 6) is 1.79. The molecule has 2 aromatic heterocycles. The molecule has 0 bridgehead atoms. The minimum atomic E-state index is -0.407. The summed E-state index contributed by atoms with van der Waals surface area (Å²) in [5.41, 5.74) is 1.70. The monoisotopic (exact) mass is 456 g/mol. The van der Waals surface area contributed by atoms with Gasteiger partial charge >= 0.3 is 0 Å². The molecule has 0 unspecified atom stereocenters. The van der Waals surface area contributed by atoms with Gasteiger partial charge in [-0.3, -0.25) is 14.9 Å². The molecule has 0 aliphatic heterocycles. The molecule has 1 fully saturated rings. The van der Waals surface area contributed by atoms with Crippen molar-refractivity contribution in [3.63, 3.8) is 0 Å². The van der Waals surface area contributed by atoms with Crippen molar-refractivity contribution in [3.8, 4) is 11.3 Å². The molecule has 8 nitrogen and oxygen atoms in total. The smallest absolute Gasteiger partial charge is 0.282 e. The molecule has 0 amide bonds. The predicted octanol–water partition coefficient (Wildman–Crippen LogP) is 5.80. The first-order valence-corrected chi connectivity index (χ1v) is 11.4. The van der Waals surface area contributed by atoms with Gasteiger partial charge in [-0.25, -0.2) is 4.98 Å². The largest absolute Gasteiger partial charge is 0.455 e. The highest BCUT2D eigenvalue weighted by atomic mass is 16.6. The number of rotatable bonds is 5. The second-order valence-electron chi connectivity index (χ2n) is 8.64. The van der Waals surface area contributed by atoms with Crippen molar-refractivity contribution >= 4 is 22.8 Å². The first-order valence-electron chi connectivity index (χ1n) is 11.4. The molecular weight excluding hydrogens is 432 g/mol. The van der Waals surface area contributed by atoms with Crippen molar-refractivity contribution in [2.75, 3.05) is 0 Å². The average molecular weight is 457 g/mol. The van der Waals surface area contributed by atoms with Crippen LogP contribution in [0.5, 0.6) is 0 Å². The number of hydrogen-bond donors (Lipinski definition) is 0. The molecule has 8 heteroatoms. The number of benzene rings is 2. The molecule has 0 radical (unpaired) electrons. The van der Waals surface area contributed by atoms with E-state index in [0.29, 0.717) is 39.4 Å². The van der Waals surface area contributed by atoms with E-state index < -0.39 is 4.92 Å². The minimum Gasteiger partial charge on any atom is -0.455 e. The summed E-state index contributed by atoms with van der Waals surface area (Å²) in [5, 5.41) is 16.3. The number of furan rings is 1. The highest BCUT2D eigenvalue weighted by molar-refractivity contribution is 5.79. The second-order valence-corrected chi connectivity index (χ2v) is 8.64. The molecule has 172 valence electrons. The third kappa shape index (κ3) is 4.14. The van der Waals surface area contributed by atoms with E-state index in [-0.39, 0.29) is 17.2 Å². The summed E-state index contributed by atoms with van der Waals surface area (Å²) in [4.78, 5) is 29.0. The molecule has 0 N–H and O–H groups in total.